The zero-order chi connectivity index (χ0) is 18.2. The molecule has 2 aromatic rings. The van der Waals surface area contributed by atoms with Gasteiger partial charge in [0.25, 0.3) is 0 Å². The van der Waals surface area contributed by atoms with Crippen molar-refractivity contribution >= 4 is 11.9 Å². The van der Waals surface area contributed by atoms with E-state index in [1.54, 1.807) is 29.7 Å². The third-order valence-corrected chi connectivity index (χ3v) is 4.02. The minimum atomic E-state index is -0.957. The summed E-state index contributed by atoms with van der Waals surface area (Å²) in [6.07, 6.45) is 1.42. The van der Waals surface area contributed by atoms with E-state index in [-0.39, 0.29) is 12.0 Å². The molecule has 132 valence electrons. The number of carbonyl (C=O) groups is 2. The number of carbonyl (C=O) groups excluding carboxylic acids is 1. The summed E-state index contributed by atoms with van der Waals surface area (Å²) in [7, 11) is 0. The van der Waals surface area contributed by atoms with E-state index in [1.807, 2.05) is 24.3 Å². The van der Waals surface area contributed by atoms with Gasteiger partial charge in [0.2, 0.25) is 5.91 Å². The summed E-state index contributed by atoms with van der Waals surface area (Å²) in [6.45, 7) is 0. The van der Waals surface area contributed by atoms with E-state index >= 15 is 0 Å². The van der Waals surface area contributed by atoms with Gasteiger partial charge in [-0.15, -0.1) is 0 Å². The van der Waals surface area contributed by atoms with Crippen LogP contribution in [-0.4, -0.2) is 27.3 Å². The molecule has 25 heavy (non-hydrogen) atoms. The number of amides is 1. The van der Waals surface area contributed by atoms with Gasteiger partial charge in [-0.1, -0.05) is 42.8 Å². The van der Waals surface area contributed by atoms with Crippen LogP contribution in [0.2, 0.25) is 0 Å². The molecule has 0 aliphatic rings. The molecule has 2 aromatic carbocycles. The van der Waals surface area contributed by atoms with Crippen molar-refractivity contribution in [2.75, 3.05) is 0 Å². The number of unbranched alkanes of at least 4 members (excludes halogenated alkanes) is 1. The van der Waals surface area contributed by atoms with Crippen molar-refractivity contribution in [2.45, 2.75) is 31.8 Å². The largest absolute Gasteiger partial charge is 0.478 e. The van der Waals surface area contributed by atoms with Gasteiger partial charge in [-0.25, -0.2) is 10.3 Å². The first kappa shape index (κ1) is 18.6. The Hall–Kier alpha value is -2.70. The second-order valence-electron chi connectivity index (χ2n) is 5.80. The first-order chi connectivity index (χ1) is 12.0. The van der Waals surface area contributed by atoms with Gasteiger partial charge in [0.05, 0.1) is 11.7 Å². The summed E-state index contributed by atoms with van der Waals surface area (Å²) in [5.74, 6) is -1.38. The average molecular weight is 343 g/mol. The third-order valence-electron chi connectivity index (χ3n) is 4.02. The van der Waals surface area contributed by atoms with Gasteiger partial charge in [0.1, 0.15) is 0 Å². The van der Waals surface area contributed by atoms with E-state index in [0.29, 0.717) is 19.3 Å². The molecule has 0 radical (unpaired) electrons. The van der Waals surface area contributed by atoms with Gasteiger partial charge in [0, 0.05) is 6.42 Å². The lowest BCUT2D eigenvalue weighted by molar-refractivity contribution is -0.129. The van der Waals surface area contributed by atoms with E-state index in [4.69, 9.17) is 10.3 Å². The molecule has 0 aliphatic carbocycles. The minimum Gasteiger partial charge on any atom is -0.478 e. The molecule has 6 heteroatoms. The summed E-state index contributed by atoms with van der Waals surface area (Å²) in [6, 6.07) is 14.1. The first-order valence-electron chi connectivity index (χ1n) is 8.06. The molecule has 0 spiro atoms. The number of benzene rings is 2. The van der Waals surface area contributed by atoms with E-state index in [1.165, 1.54) is 0 Å². The number of aliphatic hydroxyl groups is 1. The van der Waals surface area contributed by atoms with Crippen LogP contribution in [0.15, 0.2) is 48.5 Å². The molecule has 1 atom stereocenters. The van der Waals surface area contributed by atoms with Crippen molar-refractivity contribution < 1.29 is 25.0 Å². The lowest BCUT2D eigenvalue weighted by atomic mass is 9.98. The van der Waals surface area contributed by atoms with Crippen molar-refractivity contribution in [1.82, 2.24) is 5.48 Å². The van der Waals surface area contributed by atoms with Gasteiger partial charge in [0.15, 0.2) is 0 Å². The summed E-state index contributed by atoms with van der Waals surface area (Å²) < 4.78 is 0. The van der Waals surface area contributed by atoms with Crippen LogP contribution in [-0.2, 0) is 4.79 Å². The monoisotopic (exact) mass is 343 g/mol. The fraction of sp³-hybridized carbons (Fsp3) is 0.263. The molecular formula is C19H21NO5. The Kier molecular flexibility index (Phi) is 6.68. The highest BCUT2D eigenvalue weighted by atomic mass is 16.5. The number of nitrogens with one attached hydrogen (secondary N) is 1. The van der Waals surface area contributed by atoms with E-state index in [2.05, 4.69) is 0 Å². The van der Waals surface area contributed by atoms with Crippen LogP contribution in [0.4, 0.5) is 0 Å². The number of hydroxylamine groups is 1. The standard InChI is InChI=1S/C19H21NO5/c21-17(3-1-2-4-18(22)20-25)15-9-5-13(6-10-15)14-7-11-16(12-8-14)19(23)24/h5-12,17,21,25H,1-4H2,(H,20,22)(H,23,24)/t17-/m1/s1. The zero-order valence-electron chi connectivity index (χ0n) is 13.7. The number of hydrogen-bond donors (Lipinski definition) is 4. The van der Waals surface area contributed by atoms with Gasteiger partial charge < -0.3 is 10.2 Å². The lowest BCUT2D eigenvalue weighted by Crippen LogP contribution is -2.17. The Morgan fingerprint density at radius 2 is 1.48 bits per heavy atom. The smallest absolute Gasteiger partial charge is 0.335 e. The molecule has 0 aliphatic heterocycles. The van der Waals surface area contributed by atoms with Crippen molar-refractivity contribution in [3.05, 3.63) is 59.7 Å². The van der Waals surface area contributed by atoms with Crippen molar-refractivity contribution in [1.29, 1.82) is 0 Å². The van der Waals surface area contributed by atoms with Crippen LogP contribution >= 0.6 is 0 Å². The van der Waals surface area contributed by atoms with E-state index in [0.717, 1.165) is 16.7 Å². The van der Waals surface area contributed by atoms with Crippen LogP contribution < -0.4 is 5.48 Å². The number of hydrogen-bond acceptors (Lipinski definition) is 4. The molecule has 4 N–H and O–H groups in total. The van der Waals surface area contributed by atoms with Gasteiger partial charge in [-0.05, 0) is 41.7 Å². The highest BCUT2D eigenvalue weighted by molar-refractivity contribution is 5.88. The van der Waals surface area contributed by atoms with Gasteiger partial charge in [-0.3, -0.25) is 10.0 Å². The second kappa shape index (κ2) is 8.96. The Morgan fingerprint density at radius 3 is 2.00 bits per heavy atom. The maximum atomic E-state index is 10.9. The third kappa shape index (κ3) is 5.41. The molecule has 0 aromatic heterocycles. The molecule has 0 unspecified atom stereocenters. The van der Waals surface area contributed by atoms with Crippen LogP contribution in [0.5, 0.6) is 0 Å². The van der Waals surface area contributed by atoms with Crippen LogP contribution in [0.25, 0.3) is 11.1 Å². The number of rotatable bonds is 8. The summed E-state index contributed by atoms with van der Waals surface area (Å²) >= 11 is 0. The van der Waals surface area contributed by atoms with E-state index < -0.39 is 18.0 Å². The van der Waals surface area contributed by atoms with Crippen molar-refractivity contribution in [3.8, 4) is 11.1 Å². The SMILES string of the molecule is O=C(CCCC[C@@H](O)c1ccc(-c2ccc(C(=O)O)cc2)cc1)NO. The molecule has 0 bridgehead atoms. The Morgan fingerprint density at radius 1 is 0.920 bits per heavy atom. The number of carboxylic acid groups (broad SMARTS) is 1. The highest BCUT2D eigenvalue weighted by Gasteiger charge is 2.09. The summed E-state index contributed by atoms with van der Waals surface area (Å²) in [5, 5.41) is 27.5. The van der Waals surface area contributed by atoms with Crippen LogP contribution in [0.3, 0.4) is 0 Å². The topological polar surface area (TPSA) is 107 Å². The maximum absolute atomic E-state index is 10.9. The Bertz CT molecular complexity index is 710. The zero-order valence-corrected chi connectivity index (χ0v) is 13.7. The predicted molar refractivity (Wildman–Crippen MR) is 92.2 cm³/mol. The summed E-state index contributed by atoms with van der Waals surface area (Å²) in [4.78, 5) is 21.8. The molecule has 6 nitrogen and oxygen atoms in total. The van der Waals surface area contributed by atoms with E-state index in [9.17, 15) is 14.7 Å². The lowest BCUT2D eigenvalue weighted by Gasteiger charge is -2.12. The maximum Gasteiger partial charge on any atom is 0.335 e. The van der Waals surface area contributed by atoms with Crippen LogP contribution in [0, 0.1) is 0 Å². The normalized spacial score (nSPS) is 11.8. The molecule has 0 saturated carbocycles. The second-order valence-corrected chi connectivity index (χ2v) is 5.80. The Labute approximate surface area is 145 Å². The molecule has 1 amide bonds. The quantitative estimate of drug-likeness (QED) is 0.335. The van der Waals surface area contributed by atoms with Crippen molar-refractivity contribution in [2.24, 2.45) is 0 Å². The summed E-state index contributed by atoms with van der Waals surface area (Å²) in [5.41, 5.74) is 4.45. The molecule has 0 saturated heterocycles. The molecule has 2 rings (SSSR count). The minimum absolute atomic E-state index is 0.231. The number of aromatic carboxylic acids is 1. The predicted octanol–water partition coefficient (Wildman–Crippen LogP) is 3.15. The van der Waals surface area contributed by atoms with Gasteiger partial charge in [-0.2, -0.15) is 0 Å². The van der Waals surface area contributed by atoms with Crippen LogP contribution in [0.1, 0.15) is 47.7 Å². The average Bonchev–Trinajstić information content (AvgIpc) is 2.65. The molecule has 0 fully saturated rings. The first-order valence-corrected chi connectivity index (χ1v) is 8.06. The van der Waals surface area contributed by atoms with Crippen molar-refractivity contribution in [3.63, 3.8) is 0 Å². The highest BCUT2D eigenvalue weighted by Crippen LogP contribution is 2.25. The molecule has 0 heterocycles. The Balaban J connectivity index is 1.92. The fourth-order valence-corrected chi connectivity index (χ4v) is 2.55. The number of aliphatic hydroxyl groups excluding tert-OH is 1. The fourth-order valence-electron chi connectivity index (χ4n) is 2.55. The molecular weight excluding hydrogens is 322 g/mol. The number of carboxylic acids is 1. The van der Waals surface area contributed by atoms with Gasteiger partial charge >= 0.3 is 5.97 Å².